The zero-order valence-electron chi connectivity index (χ0n) is 9.38. The Hall–Kier alpha value is -1.18. The number of amides is 1. The van der Waals surface area contributed by atoms with E-state index in [-0.39, 0.29) is 15.4 Å². The summed E-state index contributed by atoms with van der Waals surface area (Å²) < 4.78 is 5.12. The number of rotatable bonds is 4. The Morgan fingerprint density at radius 1 is 1.28 bits per heavy atom. The molecule has 0 aliphatic heterocycles. The number of thiol groups is 1. The Morgan fingerprint density at radius 3 is 2.56 bits per heavy atom. The largest absolute Gasteiger partial charge is 0.477 e. The topological polar surface area (TPSA) is 50.4 Å². The van der Waals surface area contributed by atoms with Crippen molar-refractivity contribution in [2.75, 3.05) is 13.2 Å². The van der Waals surface area contributed by atoms with Gasteiger partial charge in [0.15, 0.2) is 5.11 Å². The molecule has 7 heteroatoms. The van der Waals surface area contributed by atoms with Gasteiger partial charge in [-0.05, 0) is 36.6 Å². The van der Waals surface area contributed by atoms with Crippen molar-refractivity contribution in [1.82, 2.24) is 10.6 Å². The minimum absolute atomic E-state index is 0.177. The molecule has 1 rings (SSSR count). The van der Waals surface area contributed by atoms with Crippen LogP contribution in [-0.2, 0) is 4.74 Å². The predicted octanol–water partition coefficient (Wildman–Crippen LogP) is 1.52. The van der Waals surface area contributed by atoms with Crippen LogP contribution >= 0.6 is 37.1 Å². The summed E-state index contributed by atoms with van der Waals surface area (Å²) in [5.74, 6) is -0.251. The minimum atomic E-state index is -0.251. The Morgan fingerprint density at radius 2 is 1.94 bits per heavy atom. The van der Waals surface area contributed by atoms with Gasteiger partial charge >= 0.3 is 0 Å². The highest BCUT2D eigenvalue weighted by Crippen LogP contribution is 1.97. The first-order valence-electron chi connectivity index (χ1n) is 5.09. The third-order valence-electron chi connectivity index (χ3n) is 1.88. The van der Waals surface area contributed by atoms with Crippen LogP contribution in [0.15, 0.2) is 30.3 Å². The van der Waals surface area contributed by atoms with Crippen molar-refractivity contribution in [3.05, 3.63) is 35.9 Å². The third-order valence-corrected chi connectivity index (χ3v) is 2.37. The van der Waals surface area contributed by atoms with E-state index in [4.69, 9.17) is 17.0 Å². The van der Waals surface area contributed by atoms with E-state index in [1.807, 2.05) is 6.07 Å². The number of thiocarbonyl (C=S) groups is 2. The Balaban J connectivity index is 2.28. The summed E-state index contributed by atoms with van der Waals surface area (Å²) in [4.78, 5) is 11.7. The second-order valence-corrected chi connectivity index (χ2v) is 4.68. The van der Waals surface area contributed by atoms with Crippen LogP contribution in [-0.4, -0.2) is 28.6 Å². The summed E-state index contributed by atoms with van der Waals surface area (Å²) in [5.41, 5.74) is 0.550. The van der Waals surface area contributed by atoms with Crippen LogP contribution in [0.4, 0.5) is 0 Å². The zero-order chi connectivity index (χ0) is 13.4. The number of ether oxygens (including phenoxy) is 1. The lowest BCUT2D eigenvalue weighted by atomic mass is 10.2. The predicted molar refractivity (Wildman–Crippen MR) is 82.0 cm³/mol. The molecule has 0 aliphatic rings. The normalized spacial score (nSPS) is 9.39. The van der Waals surface area contributed by atoms with E-state index < -0.39 is 0 Å². The first-order valence-corrected chi connectivity index (χ1v) is 6.36. The SMILES string of the molecule is O=C(NC(=S)NCCOC(=S)S)c1ccccc1. The lowest BCUT2D eigenvalue weighted by molar-refractivity contribution is 0.0976. The molecule has 1 aromatic carbocycles. The van der Waals surface area contributed by atoms with E-state index in [0.29, 0.717) is 18.7 Å². The van der Waals surface area contributed by atoms with Gasteiger partial charge in [0.05, 0.1) is 6.54 Å². The number of hydrogen-bond donors (Lipinski definition) is 3. The fraction of sp³-hybridized carbons (Fsp3) is 0.182. The van der Waals surface area contributed by atoms with E-state index in [1.165, 1.54) is 0 Å². The molecule has 0 spiro atoms. The van der Waals surface area contributed by atoms with Crippen LogP contribution in [0.3, 0.4) is 0 Å². The molecule has 0 aromatic heterocycles. The third kappa shape index (κ3) is 5.95. The first-order chi connectivity index (χ1) is 8.59. The van der Waals surface area contributed by atoms with Gasteiger partial charge in [-0.15, -0.1) is 0 Å². The van der Waals surface area contributed by atoms with Crippen LogP contribution < -0.4 is 10.6 Å². The molecule has 1 amide bonds. The Bertz CT molecular complexity index is 437. The van der Waals surface area contributed by atoms with Crippen molar-refractivity contribution < 1.29 is 9.53 Å². The molecule has 96 valence electrons. The second-order valence-electron chi connectivity index (χ2n) is 3.19. The van der Waals surface area contributed by atoms with Gasteiger partial charge in [-0.25, -0.2) is 0 Å². The van der Waals surface area contributed by atoms with E-state index in [0.717, 1.165) is 0 Å². The highest BCUT2D eigenvalue weighted by Gasteiger charge is 2.06. The lowest BCUT2D eigenvalue weighted by Crippen LogP contribution is -2.40. The van der Waals surface area contributed by atoms with E-state index >= 15 is 0 Å². The molecular formula is C11H12N2O2S3. The monoisotopic (exact) mass is 300 g/mol. The quantitative estimate of drug-likeness (QED) is 0.447. The molecule has 0 radical (unpaired) electrons. The zero-order valence-corrected chi connectivity index (χ0v) is 11.9. The van der Waals surface area contributed by atoms with E-state index in [2.05, 4.69) is 35.5 Å². The van der Waals surface area contributed by atoms with E-state index in [9.17, 15) is 4.79 Å². The molecule has 0 bridgehead atoms. The highest BCUT2D eigenvalue weighted by atomic mass is 32.1. The molecule has 0 fully saturated rings. The Labute approximate surface area is 122 Å². The van der Waals surface area contributed by atoms with Crippen LogP contribution in [0.5, 0.6) is 0 Å². The van der Waals surface area contributed by atoms with Crippen molar-refractivity contribution >= 4 is 52.5 Å². The van der Waals surface area contributed by atoms with Gasteiger partial charge in [-0.2, -0.15) is 0 Å². The maximum absolute atomic E-state index is 11.7. The molecular weight excluding hydrogens is 288 g/mol. The smallest absolute Gasteiger partial charge is 0.257 e. The summed E-state index contributed by atoms with van der Waals surface area (Å²) in [7, 11) is 0. The van der Waals surface area contributed by atoms with Crippen LogP contribution in [0.1, 0.15) is 10.4 Å². The fourth-order valence-electron chi connectivity index (χ4n) is 1.11. The van der Waals surface area contributed by atoms with Gasteiger partial charge in [0.2, 0.25) is 4.38 Å². The van der Waals surface area contributed by atoms with Gasteiger partial charge in [-0.1, -0.05) is 30.8 Å². The second kappa shape index (κ2) is 8.02. The molecule has 2 N–H and O–H groups in total. The van der Waals surface area contributed by atoms with Gasteiger partial charge in [-0.3, -0.25) is 10.1 Å². The summed E-state index contributed by atoms with van der Waals surface area (Å²) in [6.07, 6.45) is 0. The maximum Gasteiger partial charge on any atom is 0.257 e. The molecule has 0 atom stereocenters. The first kappa shape index (κ1) is 14.9. The van der Waals surface area contributed by atoms with Crippen LogP contribution in [0.2, 0.25) is 0 Å². The number of carbonyl (C=O) groups excluding carboxylic acids is 1. The standard InChI is InChI=1S/C11H12N2O2S3/c14-9(8-4-2-1-3-5-8)13-10(16)12-6-7-15-11(17)18/h1-5H,6-7H2,(H,17,18)(H2,12,13,14,16). The number of hydrogen-bond acceptors (Lipinski definition) is 4. The minimum Gasteiger partial charge on any atom is -0.477 e. The lowest BCUT2D eigenvalue weighted by Gasteiger charge is -2.09. The van der Waals surface area contributed by atoms with Gasteiger partial charge in [0.1, 0.15) is 6.61 Å². The Kier molecular flexibility index (Phi) is 6.63. The number of benzene rings is 1. The average Bonchev–Trinajstić information content (AvgIpc) is 2.35. The summed E-state index contributed by atoms with van der Waals surface area (Å²) in [6.45, 7) is 0.776. The van der Waals surface area contributed by atoms with Crippen molar-refractivity contribution in [3.63, 3.8) is 0 Å². The molecule has 0 saturated heterocycles. The molecule has 0 heterocycles. The van der Waals surface area contributed by atoms with Crippen molar-refractivity contribution in [2.24, 2.45) is 0 Å². The van der Waals surface area contributed by atoms with Crippen molar-refractivity contribution in [1.29, 1.82) is 0 Å². The fourth-order valence-corrected chi connectivity index (χ4v) is 1.48. The molecule has 18 heavy (non-hydrogen) atoms. The summed E-state index contributed by atoms with van der Waals surface area (Å²) in [5, 5.41) is 5.63. The molecule has 0 aliphatic carbocycles. The maximum atomic E-state index is 11.7. The van der Waals surface area contributed by atoms with Crippen molar-refractivity contribution in [3.8, 4) is 0 Å². The van der Waals surface area contributed by atoms with Gasteiger partial charge < -0.3 is 10.1 Å². The summed E-state index contributed by atoms with van der Waals surface area (Å²) in [6, 6.07) is 8.82. The van der Waals surface area contributed by atoms with Crippen molar-refractivity contribution in [2.45, 2.75) is 0 Å². The number of nitrogens with one attached hydrogen (secondary N) is 2. The van der Waals surface area contributed by atoms with Crippen LogP contribution in [0, 0.1) is 0 Å². The summed E-state index contributed by atoms with van der Waals surface area (Å²) >= 11 is 13.4. The van der Waals surface area contributed by atoms with Gasteiger partial charge in [0.25, 0.3) is 5.91 Å². The van der Waals surface area contributed by atoms with Crippen LogP contribution in [0.25, 0.3) is 0 Å². The molecule has 1 aromatic rings. The number of carbonyl (C=O) groups is 1. The molecule has 4 nitrogen and oxygen atoms in total. The molecule has 0 saturated carbocycles. The molecule has 0 unspecified atom stereocenters. The average molecular weight is 300 g/mol. The van der Waals surface area contributed by atoms with Gasteiger partial charge in [0, 0.05) is 5.56 Å². The van der Waals surface area contributed by atoms with E-state index in [1.54, 1.807) is 24.3 Å². The highest BCUT2D eigenvalue weighted by molar-refractivity contribution is 8.10.